The number of hydrogen-bond acceptors (Lipinski definition) is 3. The first kappa shape index (κ1) is 12.2. The average Bonchev–Trinajstić information content (AvgIpc) is 2.49. The molecule has 4 nitrogen and oxygen atoms in total. The van der Waals surface area contributed by atoms with Crippen LogP contribution in [0.25, 0.3) is 0 Å². The Labute approximate surface area is 104 Å². The molecule has 0 saturated heterocycles. The van der Waals surface area contributed by atoms with Gasteiger partial charge in [-0.1, -0.05) is 58.0 Å². The second-order valence-corrected chi connectivity index (χ2v) is 5.81. The molecule has 76 valence electrons. The zero-order valence-corrected chi connectivity index (χ0v) is 10.0. The van der Waals surface area contributed by atoms with Gasteiger partial charge in [-0.15, -0.1) is 5.10 Å². The molecule has 1 heterocycles. The van der Waals surface area contributed by atoms with E-state index in [1.54, 1.807) is 6.07 Å². The summed E-state index contributed by atoms with van der Waals surface area (Å²) in [5.74, 6) is 0. The van der Waals surface area contributed by atoms with E-state index in [1.807, 2.05) is 0 Å². The van der Waals surface area contributed by atoms with E-state index >= 15 is 0 Å². The summed E-state index contributed by atoms with van der Waals surface area (Å²) in [5.41, 5.74) is -0.246. The van der Waals surface area contributed by atoms with Crippen LogP contribution in [0.5, 0.6) is 0 Å². The molecule has 0 saturated carbocycles. The van der Waals surface area contributed by atoms with E-state index in [4.69, 9.17) is 63.3 Å². The Morgan fingerprint density at radius 1 is 1.14 bits per heavy atom. The number of rotatable bonds is 1. The van der Waals surface area contributed by atoms with E-state index in [9.17, 15) is 0 Å². The van der Waals surface area contributed by atoms with Crippen LogP contribution >= 0.6 is 58.0 Å². The Bertz CT molecular complexity index is 372. The maximum absolute atomic E-state index is 8.62. The second-order valence-electron chi connectivity index (χ2n) is 2.20. The lowest BCUT2D eigenvalue weighted by Crippen LogP contribution is -2.29. The highest BCUT2D eigenvalue weighted by atomic mass is 35.6. The highest BCUT2D eigenvalue weighted by Crippen LogP contribution is 2.52. The first-order valence-corrected chi connectivity index (χ1v) is 4.95. The Hall–Kier alpha value is 0.0800. The molecule has 0 aliphatic rings. The molecule has 0 atom stereocenters. The first-order chi connectivity index (χ1) is 6.30. The quantitative estimate of drug-likeness (QED) is 0.810. The van der Waals surface area contributed by atoms with Gasteiger partial charge < -0.3 is 0 Å². The van der Waals surface area contributed by atoms with Gasteiger partial charge in [-0.2, -0.15) is 15.6 Å². The fraction of sp³-hybridized carbons (Fsp3) is 0.400. The average molecular weight is 294 g/mol. The van der Waals surface area contributed by atoms with E-state index in [2.05, 4.69) is 15.4 Å². The Balaban J connectivity index is 3.24. The van der Waals surface area contributed by atoms with Crippen molar-refractivity contribution in [1.29, 1.82) is 5.26 Å². The molecular weight excluding hydrogens is 293 g/mol. The number of hydrogen-bond donors (Lipinski definition) is 1. The summed E-state index contributed by atoms with van der Waals surface area (Å²) in [7, 11) is 0. The van der Waals surface area contributed by atoms with Crippen LogP contribution < -0.4 is 0 Å². The maximum Gasteiger partial charge on any atom is 0.228 e. The van der Waals surface area contributed by atoms with E-state index < -0.39 is 8.13 Å². The predicted molar refractivity (Wildman–Crippen MR) is 54.8 cm³/mol. The molecule has 0 radical (unpaired) electrons. The van der Waals surface area contributed by atoms with Crippen molar-refractivity contribution in [2.24, 2.45) is 0 Å². The highest BCUT2D eigenvalue weighted by Gasteiger charge is 2.51. The van der Waals surface area contributed by atoms with Crippen molar-refractivity contribution in [2.75, 3.05) is 0 Å². The third-order valence-corrected chi connectivity index (χ3v) is 3.66. The number of nitrogens with one attached hydrogen (secondary N) is 1. The number of halogens is 5. The minimum Gasteiger partial charge on any atom is -0.196 e. The lowest BCUT2D eigenvalue weighted by Gasteiger charge is -2.24. The van der Waals surface area contributed by atoms with Gasteiger partial charge >= 0.3 is 0 Å². The summed E-state index contributed by atoms with van der Waals surface area (Å²) in [5, 5.41) is 17.8. The number of aromatic nitrogens is 3. The molecule has 0 spiro atoms. The van der Waals surface area contributed by atoms with Gasteiger partial charge in [-0.05, 0) is 0 Å². The Morgan fingerprint density at radius 2 is 1.71 bits per heavy atom. The number of aromatic amines is 1. The van der Waals surface area contributed by atoms with Crippen LogP contribution in [0.2, 0.25) is 0 Å². The van der Waals surface area contributed by atoms with Crippen LogP contribution in [0, 0.1) is 11.3 Å². The SMILES string of the molecule is N#Cc1n[nH]nc1C(Cl)(Cl)C(Cl)(Cl)Cl. The standard InChI is InChI=1S/C5HCl5N4/c6-4(7,5(8,9)10)3-2(1-11)12-14-13-3/h(H,12,13,14). The van der Waals surface area contributed by atoms with Gasteiger partial charge in [0.1, 0.15) is 11.8 Å². The minimum absolute atomic E-state index is 0.122. The van der Waals surface area contributed by atoms with Crippen molar-refractivity contribution in [1.82, 2.24) is 15.4 Å². The molecule has 0 bridgehead atoms. The topological polar surface area (TPSA) is 65.4 Å². The second kappa shape index (κ2) is 3.92. The van der Waals surface area contributed by atoms with Gasteiger partial charge in [0.2, 0.25) is 8.13 Å². The third-order valence-electron chi connectivity index (χ3n) is 1.31. The Morgan fingerprint density at radius 3 is 2.14 bits per heavy atom. The summed E-state index contributed by atoms with van der Waals surface area (Å²) in [6, 6.07) is 1.70. The predicted octanol–water partition coefficient (Wildman–Crippen LogP) is 2.68. The highest BCUT2D eigenvalue weighted by molar-refractivity contribution is 6.75. The molecule has 1 N–H and O–H groups in total. The van der Waals surface area contributed by atoms with Gasteiger partial charge in [0.15, 0.2) is 5.69 Å². The summed E-state index contributed by atoms with van der Waals surface area (Å²) in [4.78, 5) is 0. The zero-order chi connectivity index (χ0) is 11.0. The maximum atomic E-state index is 8.62. The molecule has 14 heavy (non-hydrogen) atoms. The van der Waals surface area contributed by atoms with E-state index in [1.165, 1.54) is 0 Å². The van der Waals surface area contributed by atoms with Gasteiger partial charge in [-0.3, -0.25) is 0 Å². The van der Waals surface area contributed by atoms with Crippen molar-refractivity contribution < 1.29 is 0 Å². The van der Waals surface area contributed by atoms with Gasteiger partial charge in [0.25, 0.3) is 0 Å². The lowest BCUT2D eigenvalue weighted by molar-refractivity contribution is 0.812. The van der Waals surface area contributed by atoms with Crippen LogP contribution in [0.3, 0.4) is 0 Å². The lowest BCUT2D eigenvalue weighted by atomic mass is 10.2. The van der Waals surface area contributed by atoms with E-state index in [0.29, 0.717) is 0 Å². The number of nitriles is 1. The monoisotopic (exact) mass is 292 g/mol. The van der Waals surface area contributed by atoms with Crippen LogP contribution in [-0.2, 0) is 4.33 Å². The third kappa shape index (κ3) is 2.02. The molecule has 0 aliphatic heterocycles. The molecule has 1 aromatic heterocycles. The number of nitrogens with zero attached hydrogens (tertiary/aromatic N) is 3. The van der Waals surface area contributed by atoms with Crippen molar-refractivity contribution in [3.05, 3.63) is 11.4 Å². The van der Waals surface area contributed by atoms with Crippen molar-refractivity contribution in [3.8, 4) is 6.07 Å². The number of H-pyrrole nitrogens is 1. The first-order valence-electron chi connectivity index (χ1n) is 3.06. The van der Waals surface area contributed by atoms with Gasteiger partial charge in [0.05, 0.1) is 0 Å². The van der Waals surface area contributed by atoms with Crippen molar-refractivity contribution >= 4 is 58.0 Å². The summed E-state index contributed by atoms with van der Waals surface area (Å²) < 4.78 is -3.95. The molecule has 0 amide bonds. The molecule has 9 heteroatoms. The molecular formula is C5HCl5N4. The van der Waals surface area contributed by atoms with Crippen molar-refractivity contribution in [2.45, 2.75) is 8.13 Å². The molecule has 0 aromatic carbocycles. The Kier molecular flexibility index (Phi) is 3.40. The van der Waals surface area contributed by atoms with Crippen LogP contribution in [0.1, 0.15) is 11.4 Å². The van der Waals surface area contributed by atoms with Gasteiger partial charge in [0, 0.05) is 0 Å². The van der Waals surface area contributed by atoms with E-state index in [0.717, 1.165) is 0 Å². The zero-order valence-electron chi connectivity index (χ0n) is 6.23. The molecule has 1 aromatic rings. The molecule has 0 fully saturated rings. The largest absolute Gasteiger partial charge is 0.228 e. The van der Waals surface area contributed by atoms with Crippen LogP contribution in [0.4, 0.5) is 0 Å². The molecule has 1 rings (SSSR count). The minimum atomic E-state index is -2.02. The van der Waals surface area contributed by atoms with Crippen LogP contribution in [-0.4, -0.2) is 19.2 Å². The summed E-state index contributed by atoms with van der Waals surface area (Å²) in [6.07, 6.45) is 0. The van der Waals surface area contributed by atoms with E-state index in [-0.39, 0.29) is 11.4 Å². The molecule has 0 unspecified atom stereocenters. The summed E-state index contributed by atoms with van der Waals surface area (Å²) >= 11 is 28.1. The normalized spacial score (nSPS) is 12.6. The van der Waals surface area contributed by atoms with Gasteiger partial charge in [-0.25, -0.2) is 0 Å². The fourth-order valence-electron chi connectivity index (χ4n) is 0.662. The summed E-state index contributed by atoms with van der Waals surface area (Å²) in [6.45, 7) is 0. The van der Waals surface area contributed by atoms with Crippen LogP contribution in [0.15, 0.2) is 0 Å². The smallest absolute Gasteiger partial charge is 0.196 e. The van der Waals surface area contributed by atoms with Crippen molar-refractivity contribution in [3.63, 3.8) is 0 Å². The fourth-order valence-corrected chi connectivity index (χ4v) is 1.19. The number of alkyl halides is 5. The molecule has 0 aliphatic carbocycles.